The lowest BCUT2D eigenvalue weighted by Gasteiger charge is -2.10. The summed E-state index contributed by atoms with van der Waals surface area (Å²) in [4.78, 5) is 25.6. The number of para-hydroxylation sites is 1. The number of amides is 1. The van der Waals surface area contributed by atoms with Gasteiger partial charge in [0.15, 0.2) is 16.4 Å². The monoisotopic (exact) mass is 445 g/mol. The van der Waals surface area contributed by atoms with Crippen LogP contribution < -0.4 is 5.32 Å². The molecular weight excluding hydrogens is 426 g/mol. The third-order valence-electron chi connectivity index (χ3n) is 4.64. The summed E-state index contributed by atoms with van der Waals surface area (Å²) < 4.78 is 29.8. The Morgan fingerprint density at radius 2 is 2.00 bits per heavy atom. The number of benzene rings is 1. The third-order valence-corrected chi connectivity index (χ3v) is 7.29. The molecule has 8 nitrogen and oxygen atoms in total. The van der Waals surface area contributed by atoms with Gasteiger partial charge in [0, 0.05) is 12.2 Å². The van der Waals surface area contributed by atoms with E-state index < -0.39 is 34.4 Å². The second-order valence-corrected chi connectivity index (χ2v) is 10.1. The van der Waals surface area contributed by atoms with Gasteiger partial charge in [0.25, 0.3) is 5.91 Å². The van der Waals surface area contributed by atoms with Gasteiger partial charge in [0.1, 0.15) is 11.3 Å². The summed E-state index contributed by atoms with van der Waals surface area (Å²) >= 11 is 1.44. The Labute approximate surface area is 177 Å². The van der Waals surface area contributed by atoms with E-state index in [4.69, 9.17) is 4.74 Å². The maximum absolute atomic E-state index is 12.7. The second kappa shape index (κ2) is 8.41. The van der Waals surface area contributed by atoms with E-state index >= 15 is 0 Å². The number of nitrogens with one attached hydrogen (secondary N) is 1. The predicted octanol–water partition coefficient (Wildman–Crippen LogP) is 2.06. The Balaban J connectivity index is 1.48. The molecule has 2 aromatic heterocycles. The van der Waals surface area contributed by atoms with Crippen LogP contribution in [0, 0.1) is 0 Å². The minimum absolute atomic E-state index is 0.0561. The van der Waals surface area contributed by atoms with Crippen molar-refractivity contribution < 1.29 is 22.7 Å². The Hall–Kier alpha value is -2.98. The SMILES string of the molecule is O=C(COC(=O)c1cn(-c2ccccc2)nc1-c1cccs1)N[C@H]1CCS(=O)(=O)C1. The molecule has 30 heavy (non-hydrogen) atoms. The van der Waals surface area contributed by atoms with Gasteiger partial charge in [0.2, 0.25) is 0 Å². The number of esters is 1. The van der Waals surface area contributed by atoms with E-state index in [1.54, 1.807) is 10.9 Å². The van der Waals surface area contributed by atoms with Crippen molar-refractivity contribution in [3.8, 4) is 16.3 Å². The summed E-state index contributed by atoms with van der Waals surface area (Å²) in [6.45, 7) is -0.490. The van der Waals surface area contributed by atoms with Crippen LogP contribution in [0.15, 0.2) is 54.0 Å². The fourth-order valence-corrected chi connectivity index (χ4v) is 5.62. The van der Waals surface area contributed by atoms with Gasteiger partial charge in [-0.05, 0) is 30.0 Å². The molecule has 0 aliphatic carbocycles. The number of hydrogen-bond donors (Lipinski definition) is 1. The van der Waals surface area contributed by atoms with E-state index in [0.29, 0.717) is 12.1 Å². The van der Waals surface area contributed by atoms with Crippen molar-refractivity contribution in [1.82, 2.24) is 15.1 Å². The zero-order chi connectivity index (χ0) is 21.1. The highest BCUT2D eigenvalue weighted by molar-refractivity contribution is 7.91. The summed E-state index contributed by atoms with van der Waals surface area (Å²) in [6, 6.07) is 12.6. The van der Waals surface area contributed by atoms with E-state index in [0.717, 1.165) is 10.6 Å². The van der Waals surface area contributed by atoms with Gasteiger partial charge in [0.05, 0.1) is 22.1 Å². The van der Waals surface area contributed by atoms with E-state index in [2.05, 4.69) is 10.4 Å². The van der Waals surface area contributed by atoms with E-state index in [1.807, 2.05) is 47.8 Å². The molecule has 1 aromatic carbocycles. The first-order valence-corrected chi connectivity index (χ1v) is 12.0. The number of carbonyl (C=O) groups excluding carboxylic acids is 2. The molecule has 1 aliphatic rings. The van der Waals surface area contributed by atoms with E-state index in [-0.39, 0.29) is 17.1 Å². The molecule has 1 amide bonds. The van der Waals surface area contributed by atoms with Gasteiger partial charge in [-0.25, -0.2) is 17.9 Å². The number of aromatic nitrogens is 2. The van der Waals surface area contributed by atoms with Crippen molar-refractivity contribution in [3.63, 3.8) is 0 Å². The molecule has 1 aliphatic heterocycles. The average Bonchev–Trinajstić information content (AvgIpc) is 3.46. The lowest BCUT2D eigenvalue weighted by atomic mass is 10.2. The highest BCUT2D eigenvalue weighted by Crippen LogP contribution is 2.28. The van der Waals surface area contributed by atoms with Crippen molar-refractivity contribution >= 4 is 33.1 Å². The highest BCUT2D eigenvalue weighted by atomic mass is 32.2. The molecule has 156 valence electrons. The molecule has 0 spiro atoms. The van der Waals surface area contributed by atoms with Gasteiger partial charge in [-0.2, -0.15) is 5.10 Å². The van der Waals surface area contributed by atoms with Crippen LogP contribution in [-0.2, 0) is 19.4 Å². The maximum atomic E-state index is 12.7. The molecule has 0 radical (unpaired) electrons. The van der Waals surface area contributed by atoms with Crippen LogP contribution in [-0.4, -0.2) is 54.2 Å². The number of carbonyl (C=O) groups is 2. The lowest BCUT2D eigenvalue weighted by molar-refractivity contribution is -0.124. The van der Waals surface area contributed by atoms with Crippen LogP contribution in [0.4, 0.5) is 0 Å². The Morgan fingerprint density at radius 1 is 1.20 bits per heavy atom. The first-order valence-electron chi connectivity index (χ1n) is 9.27. The molecule has 0 unspecified atom stereocenters. The molecule has 1 N–H and O–H groups in total. The zero-order valence-electron chi connectivity index (χ0n) is 15.9. The predicted molar refractivity (Wildman–Crippen MR) is 112 cm³/mol. The molecule has 0 saturated carbocycles. The standard InChI is InChI=1S/C20H19N3O5S2/c24-18(21-14-8-10-30(26,27)13-14)12-28-20(25)16-11-23(15-5-2-1-3-6-15)22-19(16)17-7-4-9-29-17/h1-7,9,11,14H,8,10,12-13H2,(H,21,24)/t14-/m0/s1. The molecule has 4 rings (SSSR count). The van der Waals surface area contributed by atoms with Crippen molar-refractivity contribution in [1.29, 1.82) is 0 Å². The molecule has 0 bridgehead atoms. The van der Waals surface area contributed by atoms with Crippen molar-refractivity contribution in [2.75, 3.05) is 18.1 Å². The van der Waals surface area contributed by atoms with Crippen molar-refractivity contribution in [2.24, 2.45) is 0 Å². The van der Waals surface area contributed by atoms with Crippen LogP contribution >= 0.6 is 11.3 Å². The van der Waals surface area contributed by atoms with Gasteiger partial charge in [-0.3, -0.25) is 4.79 Å². The van der Waals surface area contributed by atoms with Crippen LogP contribution in [0.5, 0.6) is 0 Å². The molecule has 3 aromatic rings. The van der Waals surface area contributed by atoms with Crippen molar-refractivity contribution in [3.05, 3.63) is 59.6 Å². The molecule has 1 atom stereocenters. The Morgan fingerprint density at radius 3 is 2.67 bits per heavy atom. The first kappa shape index (κ1) is 20.3. The molecule has 1 fully saturated rings. The number of rotatable bonds is 6. The fourth-order valence-electron chi connectivity index (χ4n) is 3.22. The zero-order valence-corrected chi connectivity index (χ0v) is 17.5. The molecular formula is C20H19N3O5S2. The molecule has 10 heteroatoms. The van der Waals surface area contributed by atoms with Gasteiger partial charge in [-0.15, -0.1) is 11.3 Å². The van der Waals surface area contributed by atoms with Crippen LogP contribution in [0.25, 0.3) is 16.3 Å². The van der Waals surface area contributed by atoms with E-state index in [1.165, 1.54) is 11.3 Å². The molecule has 3 heterocycles. The lowest BCUT2D eigenvalue weighted by Crippen LogP contribution is -2.38. The summed E-state index contributed by atoms with van der Waals surface area (Å²) in [7, 11) is -3.10. The second-order valence-electron chi connectivity index (χ2n) is 6.89. The number of thiophene rings is 1. The largest absolute Gasteiger partial charge is 0.452 e. The number of hydrogen-bond acceptors (Lipinski definition) is 7. The summed E-state index contributed by atoms with van der Waals surface area (Å²) in [5, 5.41) is 9.01. The topological polar surface area (TPSA) is 107 Å². The summed E-state index contributed by atoms with van der Waals surface area (Å²) in [5.41, 5.74) is 1.51. The van der Waals surface area contributed by atoms with Crippen LogP contribution in [0.3, 0.4) is 0 Å². The van der Waals surface area contributed by atoms with Crippen LogP contribution in [0.1, 0.15) is 16.8 Å². The summed E-state index contributed by atoms with van der Waals surface area (Å²) in [6.07, 6.45) is 1.95. The van der Waals surface area contributed by atoms with Gasteiger partial charge in [-0.1, -0.05) is 24.3 Å². The normalized spacial score (nSPS) is 17.5. The Bertz CT molecular complexity index is 1150. The van der Waals surface area contributed by atoms with Crippen LogP contribution in [0.2, 0.25) is 0 Å². The smallest absolute Gasteiger partial charge is 0.342 e. The average molecular weight is 446 g/mol. The minimum atomic E-state index is -3.10. The quantitative estimate of drug-likeness (QED) is 0.582. The van der Waals surface area contributed by atoms with Gasteiger partial charge >= 0.3 is 5.97 Å². The highest BCUT2D eigenvalue weighted by Gasteiger charge is 2.29. The summed E-state index contributed by atoms with van der Waals surface area (Å²) in [5.74, 6) is -1.23. The first-order chi connectivity index (χ1) is 14.4. The van der Waals surface area contributed by atoms with Gasteiger partial charge < -0.3 is 10.1 Å². The number of sulfone groups is 1. The minimum Gasteiger partial charge on any atom is -0.452 e. The number of nitrogens with zero attached hydrogens (tertiary/aromatic N) is 2. The third kappa shape index (κ3) is 4.60. The van der Waals surface area contributed by atoms with Crippen molar-refractivity contribution in [2.45, 2.75) is 12.5 Å². The molecule has 1 saturated heterocycles. The fraction of sp³-hybridized carbons (Fsp3) is 0.250. The number of ether oxygens (including phenoxy) is 1. The van der Waals surface area contributed by atoms with E-state index in [9.17, 15) is 18.0 Å². The Kier molecular flexibility index (Phi) is 5.69. The maximum Gasteiger partial charge on any atom is 0.342 e.